The summed E-state index contributed by atoms with van der Waals surface area (Å²) in [6.07, 6.45) is 4.47. The number of imidazole rings is 1. The minimum absolute atomic E-state index is 0.862. The molecule has 0 fully saturated rings. The highest BCUT2D eigenvalue weighted by Gasteiger charge is 2.26. The first-order valence-corrected chi connectivity index (χ1v) is 8.09. The number of hydrogen-bond donors (Lipinski definition) is 0. The molecule has 4 aromatic rings. The standard InChI is InChI=1S/C20H15N3O/c1-2-18-22-15-8-7-14(13-9-11-21-12-10-13)20-19(15)23(18)16-5-3-4-6-17(16)24-20/h3-12H,2H2,1H3. The molecule has 0 atom stereocenters. The van der Waals surface area contributed by atoms with Gasteiger partial charge in [0, 0.05) is 24.4 Å². The molecule has 0 bridgehead atoms. The zero-order valence-corrected chi connectivity index (χ0v) is 13.2. The van der Waals surface area contributed by atoms with Gasteiger partial charge < -0.3 is 4.74 Å². The Hall–Kier alpha value is -3.14. The van der Waals surface area contributed by atoms with Crippen LogP contribution in [0.3, 0.4) is 0 Å². The molecule has 1 aliphatic heterocycles. The molecule has 3 heterocycles. The number of fused-ring (bicyclic) bond motifs is 2. The lowest BCUT2D eigenvalue weighted by Gasteiger charge is -2.22. The van der Waals surface area contributed by atoms with E-state index >= 15 is 0 Å². The first-order chi connectivity index (χ1) is 11.9. The van der Waals surface area contributed by atoms with Gasteiger partial charge in [-0.1, -0.05) is 19.1 Å². The van der Waals surface area contributed by atoms with Crippen LogP contribution in [0.25, 0.3) is 27.8 Å². The van der Waals surface area contributed by atoms with Gasteiger partial charge in [0.15, 0.2) is 11.5 Å². The third kappa shape index (κ3) is 1.74. The van der Waals surface area contributed by atoms with E-state index in [1.54, 1.807) is 12.4 Å². The van der Waals surface area contributed by atoms with Crippen molar-refractivity contribution in [2.45, 2.75) is 13.3 Å². The lowest BCUT2D eigenvalue weighted by atomic mass is 10.0. The van der Waals surface area contributed by atoms with Crippen LogP contribution < -0.4 is 4.74 Å². The Morgan fingerprint density at radius 3 is 2.67 bits per heavy atom. The lowest BCUT2D eigenvalue weighted by molar-refractivity contribution is 0.476. The molecule has 0 radical (unpaired) electrons. The highest BCUT2D eigenvalue weighted by Crippen LogP contribution is 2.46. The number of pyridine rings is 1. The van der Waals surface area contributed by atoms with E-state index in [9.17, 15) is 0 Å². The predicted octanol–water partition coefficient (Wildman–Crippen LogP) is 4.76. The van der Waals surface area contributed by atoms with Gasteiger partial charge in [0.05, 0.1) is 11.2 Å². The molecular formula is C20H15N3O. The van der Waals surface area contributed by atoms with Crippen LogP contribution in [-0.2, 0) is 6.42 Å². The zero-order valence-electron chi connectivity index (χ0n) is 13.2. The van der Waals surface area contributed by atoms with Crippen LogP contribution in [0.1, 0.15) is 12.7 Å². The molecule has 116 valence electrons. The fourth-order valence-corrected chi connectivity index (χ4v) is 3.38. The lowest BCUT2D eigenvalue weighted by Crippen LogP contribution is -2.07. The van der Waals surface area contributed by atoms with E-state index in [1.165, 1.54) is 0 Å². The largest absolute Gasteiger partial charge is 0.452 e. The van der Waals surface area contributed by atoms with Crippen molar-refractivity contribution >= 4 is 11.0 Å². The van der Waals surface area contributed by atoms with Crippen molar-refractivity contribution in [3.63, 3.8) is 0 Å². The van der Waals surface area contributed by atoms with Crippen molar-refractivity contribution in [1.29, 1.82) is 0 Å². The molecule has 0 aliphatic carbocycles. The summed E-state index contributed by atoms with van der Waals surface area (Å²) in [5.41, 5.74) is 5.21. The molecule has 0 amide bonds. The maximum absolute atomic E-state index is 6.31. The topological polar surface area (TPSA) is 39.9 Å². The van der Waals surface area contributed by atoms with Crippen molar-refractivity contribution < 1.29 is 4.74 Å². The van der Waals surface area contributed by atoms with E-state index < -0.39 is 0 Å². The molecule has 4 nitrogen and oxygen atoms in total. The van der Waals surface area contributed by atoms with Crippen molar-refractivity contribution in [1.82, 2.24) is 14.5 Å². The molecule has 0 saturated carbocycles. The fourth-order valence-electron chi connectivity index (χ4n) is 3.38. The van der Waals surface area contributed by atoms with Crippen LogP contribution in [-0.4, -0.2) is 14.5 Å². The second kappa shape index (κ2) is 4.93. The highest BCUT2D eigenvalue weighted by atomic mass is 16.5. The average molecular weight is 313 g/mol. The summed E-state index contributed by atoms with van der Waals surface area (Å²) in [6, 6.07) is 16.3. The van der Waals surface area contributed by atoms with Gasteiger partial charge in [-0.3, -0.25) is 9.55 Å². The number of ether oxygens (including phenoxy) is 1. The van der Waals surface area contributed by atoms with Crippen molar-refractivity contribution in [2.75, 3.05) is 0 Å². The molecule has 0 N–H and O–H groups in total. The molecule has 1 aliphatic rings. The van der Waals surface area contributed by atoms with Crippen LogP contribution in [0.5, 0.6) is 11.5 Å². The summed E-state index contributed by atoms with van der Waals surface area (Å²) in [5, 5.41) is 0. The molecule has 24 heavy (non-hydrogen) atoms. The summed E-state index contributed by atoms with van der Waals surface area (Å²) in [6.45, 7) is 2.13. The van der Waals surface area contributed by atoms with E-state index in [4.69, 9.17) is 9.72 Å². The van der Waals surface area contributed by atoms with E-state index in [-0.39, 0.29) is 0 Å². The average Bonchev–Trinajstić information content (AvgIpc) is 3.03. The second-order valence-corrected chi connectivity index (χ2v) is 5.83. The van der Waals surface area contributed by atoms with Crippen LogP contribution in [0.4, 0.5) is 0 Å². The third-order valence-electron chi connectivity index (χ3n) is 4.47. The minimum atomic E-state index is 0.862. The summed E-state index contributed by atoms with van der Waals surface area (Å²) in [4.78, 5) is 8.92. The quantitative estimate of drug-likeness (QED) is 0.472. The van der Waals surface area contributed by atoms with Gasteiger partial charge in [-0.2, -0.15) is 0 Å². The third-order valence-corrected chi connectivity index (χ3v) is 4.47. The van der Waals surface area contributed by atoms with Crippen molar-refractivity contribution in [2.24, 2.45) is 0 Å². The zero-order chi connectivity index (χ0) is 16.1. The van der Waals surface area contributed by atoms with Crippen LogP contribution >= 0.6 is 0 Å². The Morgan fingerprint density at radius 2 is 1.83 bits per heavy atom. The van der Waals surface area contributed by atoms with Gasteiger partial charge in [-0.25, -0.2) is 4.98 Å². The van der Waals surface area contributed by atoms with Crippen molar-refractivity contribution in [3.05, 3.63) is 66.7 Å². The van der Waals surface area contributed by atoms with Gasteiger partial charge >= 0.3 is 0 Å². The fraction of sp³-hybridized carbons (Fsp3) is 0.100. The van der Waals surface area contributed by atoms with Gasteiger partial charge in [-0.05, 0) is 42.0 Å². The summed E-state index contributed by atoms with van der Waals surface area (Å²) in [5.74, 6) is 2.78. The molecular weight excluding hydrogens is 298 g/mol. The van der Waals surface area contributed by atoms with Crippen LogP contribution in [0.15, 0.2) is 60.9 Å². The number of aryl methyl sites for hydroxylation is 1. The normalized spacial score (nSPS) is 12.0. The Labute approximate surface area is 139 Å². The molecule has 0 spiro atoms. The maximum atomic E-state index is 6.31. The monoisotopic (exact) mass is 313 g/mol. The molecule has 5 rings (SSSR count). The minimum Gasteiger partial charge on any atom is -0.452 e. The highest BCUT2D eigenvalue weighted by molar-refractivity contribution is 5.94. The predicted molar refractivity (Wildman–Crippen MR) is 93.8 cm³/mol. The summed E-state index contributed by atoms with van der Waals surface area (Å²) < 4.78 is 8.54. The van der Waals surface area contributed by atoms with E-state index in [0.29, 0.717) is 0 Å². The molecule has 4 heteroatoms. The van der Waals surface area contributed by atoms with Gasteiger partial charge in [0.2, 0.25) is 0 Å². The maximum Gasteiger partial charge on any atom is 0.161 e. The molecule has 0 saturated heterocycles. The Morgan fingerprint density at radius 1 is 1.00 bits per heavy atom. The van der Waals surface area contributed by atoms with E-state index in [1.807, 2.05) is 30.3 Å². The van der Waals surface area contributed by atoms with Gasteiger partial charge in [0.1, 0.15) is 11.3 Å². The number of rotatable bonds is 2. The first kappa shape index (κ1) is 13.3. The Balaban J connectivity index is 1.90. The number of para-hydroxylation sites is 2. The summed E-state index contributed by atoms with van der Waals surface area (Å²) >= 11 is 0. The molecule has 0 unspecified atom stereocenters. The Kier molecular flexibility index (Phi) is 2.73. The second-order valence-electron chi connectivity index (χ2n) is 5.83. The van der Waals surface area contributed by atoms with E-state index in [0.717, 1.165) is 51.6 Å². The molecule has 2 aromatic heterocycles. The Bertz CT molecular complexity index is 1070. The van der Waals surface area contributed by atoms with Gasteiger partial charge in [-0.15, -0.1) is 0 Å². The van der Waals surface area contributed by atoms with Gasteiger partial charge in [0.25, 0.3) is 0 Å². The number of nitrogens with zero attached hydrogens (tertiary/aromatic N) is 3. The number of hydrogen-bond acceptors (Lipinski definition) is 3. The van der Waals surface area contributed by atoms with Crippen LogP contribution in [0, 0.1) is 0 Å². The van der Waals surface area contributed by atoms with Crippen LogP contribution in [0.2, 0.25) is 0 Å². The molecule has 2 aromatic carbocycles. The van der Waals surface area contributed by atoms with E-state index in [2.05, 4.69) is 34.7 Å². The SMILES string of the molecule is CCc1nc2ccc(-c3ccncc3)c3c2n1-c1ccccc1O3. The number of aromatic nitrogens is 3. The summed E-state index contributed by atoms with van der Waals surface area (Å²) in [7, 11) is 0. The van der Waals surface area contributed by atoms with Crippen molar-refractivity contribution in [3.8, 4) is 28.3 Å². The smallest absolute Gasteiger partial charge is 0.161 e. The number of benzene rings is 2. The first-order valence-electron chi connectivity index (χ1n) is 8.09.